The van der Waals surface area contributed by atoms with E-state index in [4.69, 9.17) is 32.7 Å². The fourth-order valence-corrected chi connectivity index (χ4v) is 2.66. The van der Waals surface area contributed by atoms with E-state index in [0.29, 0.717) is 36.2 Å². The quantitative estimate of drug-likeness (QED) is 0.709. The smallest absolute Gasteiger partial charge is 0.224 e. The molecule has 0 aromatic heterocycles. The standard InChI is InChI=1S/C16H21Cl2NO3/c1-19(10-12-4-5-14(17)15(18)9-12)16(20)6-8-21-11-13-3-2-7-22-13/h4-5,9,13H,2-3,6-8,10-11H2,1H3. The molecule has 1 aliphatic heterocycles. The Morgan fingerprint density at radius 3 is 2.91 bits per heavy atom. The van der Waals surface area contributed by atoms with Crippen LogP contribution in [0.2, 0.25) is 10.0 Å². The molecule has 1 heterocycles. The molecule has 2 rings (SSSR count). The Balaban J connectivity index is 1.68. The number of benzene rings is 1. The van der Waals surface area contributed by atoms with Gasteiger partial charge < -0.3 is 14.4 Å². The molecule has 22 heavy (non-hydrogen) atoms. The zero-order chi connectivity index (χ0) is 15.9. The monoisotopic (exact) mass is 345 g/mol. The van der Waals surface area contributed by atoms with E-state index in [0.717, 1.165) is 25.0 Å². The van der Waals surface area contributed by atoms with Gasteiger partial charge >= 0.3 is 0 Å². The number of carbonyl (C=O) groups excluding carboxylic acids is 1. The summed E-state index contributed by atoms with van der Waals surface area (Å²) in [5, 5.41) is 1.02. The van der Waals surface area contributed by atoms with Crippen LogP contribution >= 0.6 is 23.2 Å². The Bertz CT molecular complexity index is 504. The topological polar surface area (TPSA) is 38.8 Å². The Hall–Kier alpha value is -0.810. The van der Waals surface area contributed by atoms with Crippen LogP contribution in [0.1, 0.15) is 24.8 Å². The molecule has 1 atom stereocenters. The maximum absolute atomic E-state index is 12.1. The Labute approximate surface area is 141 Å². The van der Waals surface area contributed by atoms with E-state index < -0.39 is 0 Å². The van der Waals surface area contributed by atoms with Gasteiger partial charge in [0, 0.05) is 20.2 Å². The molecule has 122 valence electrons. The summed E-state index contributed by atoms with van der Waals surface area (Å²) in [6.07, 6.45) is 2.71. The van der Waals surface area contributed by atoms with Crippen molar-refractivity contribution >= 4 is 29.1 Å². The molecule has 1 unspecified atom stereocenters. The Morgan fingerprint density at radius 2 is 2.23 bits per heavy atom. The highest BCUT2D eigenvalue weighted by Gasteiger charge is 2.16. The molecule has 1 amide bonds. The van der Waals surface area contributed by atoms with E-state index in [1.54, 1.807) is 24.1 Å². The van der Waals surface area contributed by atoms with E-state index in [2.05, 4.69) is 0 Å². The average Bonchev–Trinajstić information content (AvgIpc) is 3.00. The fourth-order valence-electron chi connectivity index (χ4n) is 2.34. The molecular formula is C16H21Cl2NO3. The number of amides is 1. The lowest BCUT2D eigenvalue weighted by Gasteiger charge is -2.18. The summed E-state index contributed by atoms with van der Waals surface area (Å²) in [6, 6.07) is 5.38. The first-order chi connectivity index (χ1) is 10.6. The zero-order valence-corrected chi connectivity index (χ0v) is 14.2. The first-order valence-corrected chi connectivity index (χ1v) is 8.19. The van der Waals surface area contributed by atoms with Gasteiger partial charge in [0.1, 0.15) is 0 Å². The van der Waals surface area contributed by atoms with Crippen molar-refractivity contribution in [3.8, 4) is 0 Å². The maximum Gasteiger partial charge on any atom is 0.224 e. The number of carbonyl (C=O) groups is 1. The van der Waals surface area contributed by atoms with Gasteiger partial charge in [0.2, 0.25) is 5.91 Å². The lowest BCUT2D eigenvalue weighted by molar-refractivity contribution is -0.131. The van der Waals surface area contributed by atoms with E-state index in [1.807, 2.05) is 6.07 Å². The third-order valence-corrected chi connectivity index (χ3v) is 4.36. The zero-order valence-electron chi connectivity index (χ0n) is 12.7. The minimum atomic E-state index is 0.0402. The van der Waals surface area contributed by atoms with Crippen LogP contribution in [0.15, 0.2) is 18.2 Å². The van der Waals surface area contributed by atoms with Crippen LogP contribution in [-0.2, 0) is 20.8 Å². The first-order valence-electron chi connectivity index (χ1n) is 7.43. The number of hydrogen-bond acceptors (Lipinski definition) is 3. The van der Waals surface area contributed by atoms with Crippen molar-refractivity contribution in [2.45, 2.75) is 31.9 Å². The molecule has 0 N–H and O–H groups in total. The molecule has 1 aromatic rings. The molecule has 0 bridgehead atoms. The van der Waals surface area contributed by atoms with E-state index in [1.165, 1.54) is 0 Å². The predicted molar refractivity (Wildman–Crippen MR) is 87.3 cm³/mol. The van der Waals surface area contributed by atoms with Gasteiger partial charge in [-0.15, -0.1) is 0 Å². The molecular weight excluding hydrogens is 325 g/mol. The van der Waals surface area contributed by atoms with Gasteiger partial charge in [-0.2, -0.15) is 0 Å². The molecule has 0 spiro atoms. The molecule has 6 heteroatoms. The van der Waals surface area contributed by atoms with Crippen molar-refractivity contribution in [1.82, 2.24) is 4.90 Å². The van der Waals surface area contributed by atoms with Gasteiger partial charge in [0.05, 0.1) is 35.8 Å². The average molecular weight is 346 g/mol. The van der Waals surface area contributed by atoms with Crippen molar-refractivity contribution in [2.75, 3.05) is 26.9 Å². The second kappa shape index (κ2) is 8.73. The highest BCUT2D eigenvalue weighted by molar-refractivity contribution is 6.42. The lowest BCUT2D eigenvalue weighted by atomic mass is 10.2. The maximum atomic E-state index is 12.1. The van der Waals surface area contributed by atoms with Crippen LogP contribution in [-0.4, -0.2) is 43.8 Å². The van der Waals surface area contributed by atoms with Crippen molar-refractivity contribution in [2.24, 2.45) is 0 Å². The largest absolute Gasteiger partial charge is 0.378 e. The number of ether oxygens (including phenoxy) is 2. The third-order valence-electron chi connectivity index (χ3n) is 3.62. The van der Waals surface area contributed by atoms with Crippen LogP contribution in [0.3, 0.4) is 0 Å². The molecule has 4 nitrogen and oxygen atoms in total. The van der Waals surface area contributed by atoms with E-state index in [-0.39, 0.29) is 12.0 Å². The second-order valence-electron chi connectivity index (χ2n) is 5.46. The SMILES string of the molecule is CN(Cc1ccc(Cl)c(Cl)c1)C(=O)CCOCC1CCCO1. The van der Waals surface area contributed by atoms with Crippen LogP contribution in [0.4, 0.5) is 0 Å². The van der Waals surface area contributed by atoms with Crippen molar-refractivity contribution in [3.63, 3.8) is 0 Å². The summed E-state index contributed by atoms with van der Waals surface area (Å²) in [4.78, 5) is 13.7. The summed E-state index contributed by atoms with van der Waals surface area (Å²) in [5.74, 6) is 0.0402. The van der Waals surface area contributed by atoms with Gasteiger partial charge in [-0.3, -0.25) is 4.79 Å². The highest BCUT2D eigenvalue weighted by Crippen LogP contribution is 2.23. The number of hydrogen-bond donors (Lipinski definition) is 0. The highest BCUT2D eigenvalue weighted by atomic mass is 35.5. The summed E-state index contributed by atoms with van der Waals surface area (Å²) >= 11 is 11.9. The van der Waals surface area contributed by atoms with Crippen LogP contribution in [0.5, 0.6) is 0 Å². The lowest BCUT2D eigenvalue weighted by Crippen LogP contribution is -2.27. The molecule has 0 saturated carbocycles. The molecule has 0 aliphatic carbocycles. The minimum absolute atomic E-state index is 0.0402. The number of halogens is 2. The van der Waals surface area contributed by atoms with Crippen LogP contribution in [0, 0.1) is 0 Å². The van der Waals surface area contributed by atoms with Crippen LogP contribution < -0.4 is 0 Å². The van der Waals surface area contributed by atoms with Gasteiger partial charge in [-0.05, 0) is 30.5 Å². The summed E-state index contributed by atoms with van der Waals surface area (Å²) in [5.41, 5.74) is 0.950. The van der Waals surface area contributed by atoms with Crippen LogP contribution in [0.25, 0.3) is 0 Å². The summed E-state index contributed by atoms with van der Waals surface area (Å²) in [6.45, 7) is 2.31. The Morgan fingerprint density at radius 1 is 1.41 bits per heavy atom. The van der Waals surface area contributed by atoms with Gasteiger partial charge in [0.25, 0.3) is 0 Å². The third kappa shape index (κ3) is 5.43. The summed E-state index contributed by atoms with van der Waals surface area (Å²) < 4.78 is 11.0. The fraction of sp³-hybridized carbons (Fsp3) is 0.562. The van der Waals surface area contributed by atoms with Crippen molar-refractivity contribution < 1.29 is 14.3 Å². The van der Waals surface area contributed by atoms with E-state index >= 15 is 0 Å². The second-order valence-corrected chi connectivity index (χ2v) is 6.27. The van der Waals surface area contributed by atoms with E-state index in [9.17, 15) is 4.79 Å². The molecule has 0 radical (unpaired) electrons. The predicted octanol–water partition coefficient (Wildman–Crippen LogP) is 3.54. The summed E-state index contributed by atoms with van der Waals surface area (Å²) in [7, 11) is 1.77. The minimum Gasteiger partial charge on any atom is -0.378 e. The molecule has 1 aromatic carbocycles. The number of nitrogens with zero attached hydrogens (tertiary/aromatic N) is 1. The molecule has 1 aliphatic rings. The van der Waals surface area contributed by atoms with Crippen molar-refractivity contribution in [1.29, 1.82) is 0 Å². The molecule has 1 fully saturated rings. The first kappa shape index (κ1) is 17.5. The van der Waals surface area contributed by atoms with Gasteiger partial charge in [-0.25, -0.2) is 0 Å². The number of rotatable bonds is 7. The molecule has 1 saturated heterocycles. The van der Waals surface area contributed by atoms with Gasteiger partial charge in [0.15, 0.2) is 0 Å². The normalized spacial score (nSPS) is 17.7. The van der Waals surface area contributed by atoms with Gasteiger partial charge in [-0.1, -0.05) is 29.3 Å². The Kier molecular flexibility index (Phi) is 6.96. The van der Waals surface area contributed by atoms with Crippen molar-refractivity contribution in [3.05, 3.63) is 33.8 Å².